The second kappa shape index (κ2) is 12.2. The zero-order valence-corrected chi connectivity index (χ0v) is 25.0. The normalized spacial score (nSPS) is 12.5. The second-order valence-electron chi connectivity index (χ2n) is 11.1. The summed E-state index contributed by atoms with van der Waals surface area (Å²) in [5.41, 5.74) is 2.44. The Labute approximate surface area is 237 Å². The molecule has 0 heterocycles. The van der Waals surface area contributed by atoms with Gasteiger partial charge >= 0.3 is 0 Å². The van der Waals surface area contributed by atoms with Crippen LogP contribution >= 0.6 is 0 Å². The molecular formula is C31H38FN3O4S. The number of carbonyl (C=O) groups excluding carboxylic acids is 2. The van der Waals surface area contributed by atoms with Crippen molar-refractivity contribution in [2.24, 2.45) is 0 Å². The van der Waals surface area contributed by atoms with Crippen molar-refractivity contribution in [2.45, 2.75) is 71.5 Å². The zero-order chi connectivity index (χ0) is 29.8. The molecule has 0 saturated carbocycles. The first-order valence-corrected chi connectivity index (χ1v) is 14.6. The summed E-state index contributed by atoms with van der Waals surface area (Å²) in [5, 5.41) is 2.86. The van der Waals surface area contributed by atoms with Gasteiger partial charge in [0.2, 0.25) is 11.8 Å². The van der Waals surface area contributed by atoms with E-state index in [1.807, 2.05) is 40.7 Å². The summed E-state index contributed by atoms with van der Waals surface area (Å²) >= 11 is 0. The van der Waals surface area contributed by atoms with Crippen LogP contribution in [0.15, 0.2) is 71.6 Å². The Balaban J connectivity index is 2.09. The van der Waals surface area contributed by atoms with Gasteiger partial charge in [-0.05, 0) is 83.9 Å². The monoisotopic (exact) mass is 567 g/mol. The molecule has 1 N–H and O–H groups in total. The van der Waals surface area contributed by atoms with Crippen LogP contribution in [-0.4, -0.2) is 43.3 Å². The van der Waals surface area contributed by atoms with E-state index in [9.17, 15) is 22.4 Å². The Morgan fingerprint density at radius 2 is 1.55 bits per heavy atom. The van der Waals surface area contributed by atoms with Crippen molar-refractivity contribution in [2.75, 3.05) is 10.8 Å². The van der Waals surface area contributed by atoms with Gasteiger partial charge < -0.3 is 10.2 Å². The Morgan fingerprint density at radius 3 is 2.15 bits per heavy atom. The van der Waals surface area contributed by atoms with E-state index in [1.165, 1.54) is 35.2 Å². The van der Waals surface area contributed by atoms with E-state index < -0.39 is 45.8 Å². The van der Waals surface area contributed by atoms with E-state index in [0.29, 0.717) is 11.3 Å². The molecule has 0 saturated heterocycles. The molecule has 1 unspecified atom stereocenters. The first-order chi connectivity index (χ1) is 18.6. The molecule has 0 aliphatic heterocycles. The predicted molar refractivity (Wildman–Crippen MR) is 156 cm³/mol. The minimum Gasteiger partial charge on any atom is -0.350 e. The molecule has 0 bridgehead atoms. The van der Waals surface area contributed by atoms with Crippen LogP contribution in [0.1, 0.15) is 49.9 Å². The summed E-state index contributed by atoms with van der Waals surface area (Å²) < 4.78 is 43.7. The molecule has 3 aromatic rings. The molecule has 3 rings (SSSR count). The highest BCUT2D eigenvalue weighted by Crippen LogP contribution is 2.29. The summed E-state index contributed by atoms with van der Waals surface area (Å²) in [5.74, 6) is -1.60. The average Bonchev–Trinajstić information content (AvgIpc) is 2.87. The molecule has 0 aliphatic carbocycles. The number of aryl methyl sites for hydroxylation is 2. The Bertz CT molecular complexity index is 1480. The Morgan fingerprint density at radius 1 is 0.925 bits per heavy atom. The summed E-state index contributed by atoms with van der Waals surface area (Å²) in [4.78, 5) is 28.4. The maximum atomic E-state index is 14.7. The highest BCUT2D eigenvalue weighted by molar-refractivity contribution is 7.92. The average molecular weight is 568 g/mol. The lowest BCUT2D eigenvalue weighted by Crippen LogP contribution is -2.54. The molecule has 1 atom stereocenters. The van der Waals surface area contributed by atoms with Gasteiger partial charge in [-0.2, -0.15) is 0 Å². The standard InChI is InChI=1S/C31H38FN3O4S/c1-21-15-17-26(18-16-21)40(38,39)35(28-14-10-11-22(2)23(28)3)20-29(36)34(19-25-12-8-9-13-27(25)32)24(4)30(37)33-31(5,6)7/h8-18,24H,19-20H2,1-7H3,(H,33,37). The number of amides is 2. The fourth-order valence-electron chi connectivity index (χ4n) is 4.22. The smallest absolute Gasteiger partial charge is 0.264 e. The predicted octanol–water partition coefficient (Wildman–Crippen LogP) is 5.28. The number of rotatable bonds is 9. The number of sulfonamides is 1. The minimum absolute atomic E-state index is 0.0333. The van der Waals surface area contributed by atoms with Crippen LogP contribution in [0.25, 0.3) is 0 Å². The highest BCUT2D eigenvalue weighted by Gasteiger charge is 2.34. The van der Waals surface area contributed by atoms with Crippen LogP contribution in [0.2, 0.25) is 0 Å². The third kappa shape index (κ3) is 7.27. The lowest BCUT2D eigenvalue weighted by atomic mass is 10.1. The van der Waals surface area contributed by atoms with Crippen LogP contribution in [-0.2, 0) is 26.2 Å². The van der Waals surface area contributed by atoms with Crippen molar-refractivity contribution < 1.29 is 22.4 Å². The van der Waals surface area contributed by atoms with Gasteiger partial charge in [0, 0.05) is 17.6 Å². The Hall–Kier alpha value is -3.72. The molecule has 7 nitrogen and oxygen atoms in total. The van der Waals surface area contributed by atoms with Crippen LogP contribution in [0.4, 0.5) is 10.1 Å². The zero-order valence-electron chi connectivity index (χ0n) is 24.2. The summed E-state index contributed by atoms with van der Waals surface area (Å²) in [7, 11) is -4.18. The van der Waals surface area contributed by atoms with Crippen molar-refractivity contribution in [3.8, 4) is 0 Å². The molecule has 0 fully saturated rings. The fraction of sp³-hybridized carbons (Fsp3) is 0.355. The molecule has 9 heteroatoms. The molecule has 214 valence electrons. The highest BCUT2D eigenvalue weighted by atomic mass is 32.2. The van der Waals surface area contributed by atoms with Gasteiger partial charge in [0.05, 0.1) is 10.6 Å². The topological polar surface area (TPSA) is 86.8 Å². The van der Waals surface area contributed by atoms with Gasteiger partial charge in [-0.3, -0.25) is 13.9 Å². The third-order valence-electron chi connectivity index (χ3n) is 6.70. The number of hydrogen-bond donors (Lipinski definition) is 1. The molecule has 0 aliphatic rings. The molecule has 0 radical (unpaired) electrons. The van der Waals surface area contributed by atoms with Crippen molar-refractivity contribution in [3.63, 3.8) is 0 Å². The van der Waals surface area contributed by atoms with Crippen molar-refractivity contribution in [1.82, 2.24) is 10.2 Å². The van der Waals surface area contributed by atoms with Crippen LogP contribution in [0, 0.1) is 26.6 Å². The molecule has 0 aromatic heterocycles. The van der Waals surface area contributed by atoms with E-state index in [-0.39, 0.29) is 17.0 Å². The van der Waals surface area contributed by atoms with Crippen LogP contribution < -0.4 is 9.62 Å². The minimum atomic E-state index is -4.18. The van der Waals surface area contributed by atoms with Crippen molar-refractivity contribution in [1.29, 1.82) is 0 Å². The van der Waals surface area contributed by atoms with E-state index in [2.05, 4.69) is 5.32 Å². The van der Waals surface area contributed by atoms with E-state index >= 15 is 0 Å². The van der Waals surface area contributed by atoms with E-state index in [4.69, 9.17) is 0 Å². The molecule has 0 spiro atoms. The van der Waals surface area contributed by atoms with E-state index in [0.717, 1.165) is 15.4 Å². The number of anilines is 1. The van der Waals surface area contributed by atoms with Gasteiger partial charge in [-0.25, -0.2) is 12.8 Å². The number of halogens is 1. The molecule has 3 aromatic carbocycles. The molecule has 2 amide bonds. The van der Waals surface area contributed by atoms with Gasteiger partial charge in [0.25, 0.3) is 10.0 Å². The Kier molecular flexibility index (Phi) is 9.40. The number of hydrogen-bond acceptors (Lipinski definition) is 4. The lowest BCUT2D eigenvalue weighted by molar-refractivity contribution is -0.140. The summed E-state index contributed by atoms with van der Waals surface area (Å²) in [6.45, 7) is 11.7. The van der Waals surface area contributed by atoms with Crippen LogP contribution in [0.5, 0.6) is 0 Å². The largest absolute Gasteiger partial charge is 0.350 e. The van der Waals surface area contributed by atoms with E-state index in [1.54, 1.807) is 44.2 Å². The molecule has 40 heavy (non-hydrogen) atoms. The maximum absolute atomic E-state index is 14.7. The van der Waals surface area contributed by atoms with Gasteiger partial charge in [0.1, 0.15) is 18.4 Å². The van der Waals surface area contributed by atoms with Crippen molar-refractivity contribution >= 4 is 27.5 Å². The number of carbonyl (C=O) groups is 2. The first-order valence-electron chi connectivity index (χ1n) is 13.1. The van der Waals surface area contributed by atoms with Crippen molar-refractivity contribution in [3.05, 3.63) is 94.8 Å². The second-order valence-corrected chi connectivity index (χ2v) is 12.9. The third-order valence-corrected chi connectivity index (χ3v) is 8.47. The number of nitrogens with one attached hydrogen (secondary N) is 1. The van der Waals surface area contributed by atoms with Gasteiger partial charge in [-0.1, -0.05) is 48.0 Å². The van der Waals surface area contributed by atoms with Crippen LogP contribution in [0.3, 0.4) is 0 Å². The summed E-state index contributed by atoms with van der Waals surface area (Å²) in [6, 6.07) is 16.6. The first kappa shape index (κ1) is 30.8. The van der Waals surface area contributed by atoms with Gasteiger partial charge in [-0.15, -0.1) is 0 Å². The number of nitrogens with zero attached hydrogens (tertiary/aromatic N) is 2. The van der Waals surface area contributed by atoms with Gasteiger partial charge in [0.15, 0.2) is 0 Å². The lowest BCUT2D eigenvalue weighted by Gasteiger charge is -2.34. The summed E-state index contributed by atoms with van der Waals surface area (Å²) in [6.07, 6.45) is 0. The quantitative estimate of drug-likeness (QED) is 0.381. The SMILES string of the molecule is Cc1ccc(S(=O)(=O)N(CC(=O)N(Cc2ccccc2F)C(C)C(=O)NC(C)(C)C)c2cccc(C)c2C)cc1. The maximum Gasteiger partial charge on any atom is 0.264 e. The molecular weight excluding hydrogens is 529 g/mol. The fourth-order valence-corrected chi connectivity index (χ4v) is 5.70. The number of benzene rings is 3.